The Bertz CT molecular complexity index is 655. The molecule has 0 spiro atoms. The molecule has 6 nitrogen and oxygen atoms in total. The summed E-state index contributed by atoms with van der Waals surface area (Å²) in [7, 11) is 1.39. The lowest BCUT2D eigenvalue weighted by Crippen LogP contribution is -2.00. The average molecular weight is 260 g/mol. The molecule has 2 N–H and O–H groups in total. The van der Waals surface area contributed by atoms with Gasteiger partial charge in [0.15, 0.2) is 5.82 Å². The van der Waals surface area contributed by atoms with E-state index in [1.54, 1.807) is 6.07 Å². The fourth-order valence-electron chi connectivity index (χ4n) is 1.40. The molecule has 2 aromatic rings. The number of rotatable bonds is 3. The standard InChI is InChI=1S/C12H9FN4O2/c1-18-10-11(15)16-6-17-12(10)19-8-3-2-7(5-14)9(13)4-8/h2-4,6H,1H3,(H2,15,16,17). The predicted molar refractivity (Wildman–Crippen MR) is 64.2 cm³/mol. The van der Waals surface area contributed by atoms with E-state index in [1.165, 1.54) is 25.6 Å². The minimum atomic E-state index is -0.680. The number of aromatic nitrogens is 2. The van der Waals surface area contributed by atoms with Gasteiger partial charge in [-0.05, 0) is 12.1 Å². The zero-order valence-electron chi connectivity index (χ0n) is 9.92. The van der Waals surface area contributed by atoms with E-state index in [-0.39, 0.29) is 28.8 Å². The Balaban J connectivity index is 2.34. The normalized spacial score (nSPS) is 9.74. The van der Waals surface area contributed by atoms with Gasteiger partial charge in [0.1, 0.15) is 24.0 Å². The summed E-state index contributed by atoms with van der Waals surface area (Å²) < 4.78 is 23.8. The molecule has 0 unspecified atom stereocenters. The first-order chi connectivity index (χ1) is 9.15. The van der Waals surface area contributed by atoms with E-state index in [0.717, 1.165) is 6.07 Å². The number of ether oxygens (including phenoxy) is 2. The van der Waals surface area contributed by atoms with E-state index >= 15 is 0 Å². The summed E-state index contributed by atoms with van der Waals surface area (Å²) in [6, 6.07) is 5.55. The number of nitrogen functional groups attached to an aromatic ring is 1. The van der Waals surface area contributed by atoms with E-state index in [1.807, 2.05) is 0 Å². The zero-order chi connectivity index (χ0) is 13.8. The molecule has 1 aromatic heterocycles. The number of benzene rings is 1. The number of hydrogen-bond acceptors (Lipinski definition) is 6. The second-order valence-electron chi connectivity index (χ2n) is 3.45. The van der Waals surface area contributed by atoms with Crippen LogP contribution >= 0.6 is 0 Å². The lowest BCUT2D eigenvalue weighted by molar-refractivity contribution is 0.368. The van der Waals surface area contributed by atoms with Crippen LogP contribution in [0.4, 0.5) is 10.2 Å². The van der Waals surface area contributed by atoms with Gasteiger partial charge in [0.05, 0.1) is 12.7 Å². The van der Waals surface area contributed by atoms with Gasteiger partial charge in [-0.25, -0.2) is 9.37 Å². The van der Waals surface area contributed by atoms with E-state index < -0.39 is 5.82 Å². The molecular weight excluding hydrogens is 251 g/mol. The van der Waals surface area contributed by atoms with Crippen LogP contribution in [0.2, 0.25) is 0 Å². The first kappa shape index (κ1) is 12.6. The molecule has 0 atom stereocenters. The van der Waals surface area contributed by atoms with Crippen LogP contribution in [0.25, 0.3) is 0 Å². The minimum absolute atomic E-state index is 0.0680. The Kier molecular flexibility index (Phi) is 3.43. The van der Waals surface area contributed by atoms with Crippen LogP contribution in [0.15, 0.2) is 24.5 Å². The third-order valence-corrected chi connectivity index (χ3v) is 2.28. The van der Waals surface area contributed by atoms with Crippen LogP contribution in [-0.2, 0) is 0 Å². The highest BCUT2D eigenvalue weighted by molar-refractivity contribution is 5.52. The summed E-state index contributed by atoms with van der Waals surface area (Å²) >= 11 is 0. The maximum atomic E-state index is 13.4. The van der Waals surface area contributed by atoms with Crippen LogP contribution < -0.4 is 15.2 Å². The van der Waals surface area contributed by atoms with Crippen molar-refractivity contribution < 1.29 is 13.9 Å². The van der Waals surface area contributed by atoms with Crippen LogP contribution in [0, 0.1) is 17.1 Å². The van der Waals surface area contributed by atoms with Crippen molar-refractivity contribution in [3.8, 4) is 23.4 Å². The maximum Gasteiger partial charge on any atom is 0.268 e. The summed E-state index contributed by atoms with van der Waals surface area (Å²) in [6.07, 6.45) is 1.20. The number of nitrogens with zero attached hydrogens (tertiary/aromatic N) is 3. The summed E-state index contributed by atoms with van der Waals surface area (Å²) in [5, 5.41) is 8.63. The summed E-state index contributed by atoms with van der Waals surface area (Å²) in [5.41, 5.74) is 5.52. The minimum Gasteiger partial charge on any atom is -0.489 e. The van der Waals surface area contributed by atoms with Crippen LogP contribution in [-0.4, -0.2) is 17.1 Å². The summed E-state index contributed by atoms with van der Waals surface area (Å²) in [5.74, 6) is -0.165. The largest absolute Gasteiger partial charge is 0.489 e. The zero-order valence-corrected chi connectivity index (χ0v) is 9.92. The molecule has 0 amide bonds. The second kappa shape index (κ2) is 5.18. The second-order valence-corrected chi connectivity index (χ2v) is 3.45. The van der Waals surface area contributed by atoms with Crippen LogP contribution in [0.1, 0.15) is 5.56 Å². The molecule has 0 bridgehead atoms. The molecule has 19 heavy (non-hydrogen) atoms. The van der Waals surface area contributed by atoms with Crippen molar-refractivity contribution in [3.63, 3.8) is 0 Å². The molecule has 7 heteroatoms. The van der Waals surface area contributed by atoms with Gasteiger partial charge in [-0.3, -0.25) is 0 Å². The van der Waals surface area contributed by atoms with Crippen LogP contribution in [0.5, 0.6) is 17.4 Å². The average Bonchev–Trinajstić information content (AvgIpc) is 2.39. The van der Waals surface area contributed by atoms with Crippen molar-refractivity contribution in [1.29, 1.82) is 5.26 Å². The number of halogens is 1. The van der Waals surface area contributed by atoms with Gasteiger partial charge in [-0.15, -0.1) is 0 Å². The van der Waals surface area contributed by atoms with Crippen molar-refractivity contribution in [2.24, 2.45) is 0 Å². The third-order valence-electron chi connectivity index (χ3n) is 2.28. The monoisotopic (exact) mass is 260 g/mol. The van der Waals surface area contributed by atoms with E-state index in [4.69, 9.17) is 20.5 Å². The van der Waals surface area contributed by atoms with Crippen molar-refractivity contribution in [2.75, 3.05) is 12.8 Å². The highest BCUT2D eigenvalue weighted by atomic mass is 19.1. The molecule has 0 aliphatic carbocycles. The predicted octanol–water partition coefficient (Wildman–Crippen LogP) is 1.87. The molecule has 0 radical (unpaired) electrons. The Labute approximate surface area is 108 Å². The van der Waals surface area contributed by atoms with E-state index in [0.29, 0.717) is 0 Å². The van der Waals surface area contributed by atoms with Gasteiger partial charge < -0.3 is 15.2 Å². The quantitative estimate of drug-likeness (QED) is 0.905. The fraction of sp³-hybridized carbons (Fsp3) is 0.0833. The topological polar surface area (TPSA) is 94.1 Å². The number of hydrogen-bond donors (Lipinski definition) is 1. The van der Waals surface area contributed by atoms with Crippen molar-refractivity contribution >= 4 is 5.82 Å². The van der Waals surface area contributed by atoms with E-state index in [9.17, 15) is 4.39 Å². The SMILES string of the molecule is COc1c(N)ncnc1Oc1ccc(C#N)c(F)c1. The number of anilines is 1. The first-order valence-corrected chi connectivity index (χ1v) is 5.17. The van der Waals surface area contributed by atoms with Crippen LogP contribution in [0.3, 0.4) is 0 Å². The molecule has 1 aromatic carbocycles. The molecule has 0 aliphatic heterocycles. The molecule has 0 saturated heterocycles. The smallest absolute Gasteiger partial charge is 0.268 e. The number of methoxy groups -OCH3 is 1. The Morgan fingerprint density at radius 1 is 1.37 bits per heavy atom. The molecule has 0 saturated carbocycles. The van der Waals surface area contributed by atoms with Gasteiger partial charge in [-0.1, -0.05) is 0 Å². The van der Waals surface area contributed by atoms with Gasteiger partial charge in [0.2, 0.25) is 5.75 Å². The fourth-order valence-corrected chi connectivity index (χ4v) is 1.40. The molecular formula is C12H9FN4O2. The highest BCUT2D eigenvalue weighted by Crippen LogP contribution is 2.32. The molecule has 96 valence electrons. The van der Waals surface area contributed by atoms with Gasteiger partial charge in [0, 0.05) is 6.07 Å². The molecule has 2 rings (SSSR count). The van der Waals surface area contributed by atoms with E-state index in [2.05, 4.69) is 9.97 Å². The lowest BCUT2D eigenvalue weighted by atomic mass is 10.2. The van der Waals surface area contributed by atoms with Crippen molar-refractivity contribution in [3.05, 3.63) is 35.9 Å². The molecule has 1 heterocycles. The Hall–Kier alpha value is -2.88. The number of nitrogens with two attached hydrogens (primary N) is 1. The number of nitriles is 1. The summed E-state index contributed by atoms with van der Waals surface area (Å²) in [6.45, 7) is 0. The lowest BCUT2D eigenvalue weighted by Gasteiger charge is -2.10. The van der Waals surface area contributed by atoms with Crippen molar-refractivity contribution in [1.82, 2.24) is 9.97 Å². The van der Waals surface area contributed by atoms with Gasteiger partial charge in [0.25, 0.3) is 5.88 Å². The third kappa shape index (κ3) is 2.52. The molecule has 0 aliphatic rings. The van der Waals surface area contributed by atoms with Gasteiger partial charge in [-0.2, -0.15) is 10.2 Å². The first-order valence-electron chi connectivity index (χ1n) is 5.17. The van der Waals surface area contributed by atoms with Gasteiger partial charge >= 0.3 is 0 Å². The van der Waals surface area contributed by atoms with Crippen molar-refractivity contribution in [2.45, 2.75) is 0 Å². The Morgan fingerprint density at radius 2 is 2.16 bits per heavy atom. The highest BCUT2D eigenvalue weighted by Gasteiger charge is 2.13. The molecule has 0 fully saturated rings. The summed E-state index contributed by atoms with van der Waals surface area (Å²) in [4.78, 5) is 7.59. The maximum absolute atomic E-state index is 13.4. The Morgan fingerprint density at radius 3 is 2.79 bits per heavy atom.